The average Bonchev–Trinajstić information content (AvgIpc) is 2.58. The predicted molar refractivity (Wildman–Crippen MR) is 83.9 cm³/mol. The molecular weight excluding hydrogens is 296 g/mol. The molecule has 3 rings (SSSR count). The minimum Gasteiger partial charge on any atom is -0.268 e. The summed E-state index contributed by atoms with van der Waals surface area (Å²) < 4.78 is 1.35. The fraction of sp³-hybridized carbons (Fsp3) is 0.0625. The predicted octanol–water partition coefficient (Wildman–Crippen LogP) is 2.26. The number of nitrogens with zero attached hydrogens (tertiary/aromatic N) is 4. The van der Waals surface area contributed by atoms with Crippen LogP contribution in [-0.4, -0.2) is 19.7 Å². The number of benzene rings is 1. The van der Waals surface area contributed by atoms with Crippen molar-refractivity contribution >= 4 is 5.69 Å². The van der Waals surface area contributed by atoms with Crippen LogP contribution in [0.3, 0.4) is 0 Å². The molecule has 0 unspecified atom stereocenters. The van der Waals surface area contributed by atoms with Gasteiger partial charge in [-0.2, -0.15) is 5.10 Å². The molecule has 0 saturated carbocycles. The molecule has 2 aromatic heterocycles. The third kappa shape index (κ3) is 3.29. The maximum atomic E-state index is 11.9. The van der Waals surface area contributed by atoms with Gasteiger partial charge in [-0.15, -0.1) is 0 Å². The summed E-state index contributed by atoms with van der Waals surface area (Å²) in [6.45, 7) is 0.335. The van der Waals surface area contributed by atoms with Crippen molar-refractivity contribution < 1.29 is 4.92 Å². The molecule has 3 aromatic rings. The van der Waals surface area contributed by atoms with Crippen LogP contribution in [0.4, 0.5) is 5.69 Å². The van der Waals surface area contributed by atoms with E-state index >= 15 is 0 Å². The van der Waals surface area contributed by atoms with Crippen LogP contribution < -0.4 is 5.56 Å². The molecule has 0 spiro atoms. The van der Waals surface area contributed by atoms with E-state index in [2.05, 4.69) is 10.1 Å². The van der Waals surface area contributed by atoms with Gasteiger partial charge in [-0.3, -0.25) is 19.9 Å². The van der Waals surface area contributed by atoms with Gasteiger partial charge >= 0.3 is 0 Å². The van der Waals surface area contributed by atoms with Gasteiger partial charge in [-0.25, -0.2) is 4.68 Å². The normalized spacial score (nSPS) is 10.4. The Labute approximate surface area is 131 Å². The van der Waals surface area contributed by atoms with Crippen molar-refractivity contribution in [3.63, 3.8) is 0 Å². The molecule has 0 N–H and O–H groups in total. The van der Waals surface area contributed by atoms with Gasteiger partial charge in [0.25, 0.3) is 11.2 Å². The van der Waals surface area contributed by atoms with Gasteiger partial charge < -0.3 is 0 Å². The Morgan fingerprint density at radius 1 is 1.00 bits per heavy atom. The third-order valence-electron chi connectivity index (χ3n) is 3.32. The number of hydrogen-bond acceptors (Lipinski definition) is 5. The number of aromatic nitrogens is 3. The lowest BCUT2D eigenvalue weighted by atomic mass is 10.1. The number of hydrogen-bond donors (Lipinski definition) is 0. The number of rotatable bonds is 4. The Morgan fingerprint density at radius 2 is 1.70 bits per heavy atom. The fourth-order valence-corrected chi connectivity index (χ4v) is 2.13. The quantitative estimate of drug-likeness (QED) is 0.544. The van der Waals surface area contributed by atoms with Gasteiger partial charge in [0.1, 0.15) is 0 Å². The Balaban J connectivity index is 1.93. The summed E-state index contributed by atoms with van der Waals surface area (Å²) in [5.41, 5.74) is 1.99. The molecule has 0 aliphatic rings. The number of pyridine rings is 1. The van der Waals surface area contributed by atoms with Crippen molar-refractivity contribution in [3.05, 3.63) is 87.0 Å². The van der Waals surface area contributed by atoms with E-state index in [0.29, 0.717) is 17.8 Å². The Kier molecular flexibility index (Phi) is 3.92. The maximum Gasteiger partial charge on any atom is 0.269 e. The molecule has 7 nitrogen and oxygen atoms in total. The molecule has 0 bridgehead atoms. The highest BCUT2D eigenvalue weighted by Crippen LogP contribution is 2.19. The Morgan fingerprint density at radius 3 is 2.35 bits per heavy atom. The first-order valence-electron chi connectivity index (χ1n) is 6.85. The zero-order valence-electron chi connectivity index (χ0n) is 12.0. The first-order valence-corrected chi connectivity index (χ1v) is 6.85. The van der Waals surface area contributed by atoms with Crippen LogP contribution in [0.15, 0.2) is 65.7 Å². The third-order valence-corrected chi connectivity index (χ3v) is 3.32. The lowest BCUT2D eigenvalue weighted by Gasteiger charge is -2.07. The first kappa shape index (κ1) is 14.6. The number of nitro groups is 1. The van der Waals surface area contributed by atoms with Crippen molar-refractivity contribution in [2.45, 2.75) is 6.54 Å². The van der Waals surface area contributed by atoms with E-state index in [4.69, 9.17) is 0 Å². The van der Waals surface area contributed by atoms with E-state index in [9.17, 15) is 14.9 Å². The minimum absolute atomic E-state index is 0.0128. The smallest absolute Gasteiger partial charge is 0.268 e. The maximum absolute atomic E-state index is 11.9. The summed E-state index contributed by atoms with van der Waals surface area (Å²) in [6.07, 6.45) is 3.31. The second kappa shape index (κ2) is 6.18. The molecule has 1 aromatic carbocycles. The Bertz CT molecular complexity index is 889. The lowest BCUT2D eigenvalue weighted by molar-refractivity contribution is -0.384. The lowest BCUT2D eigenvalue weighted by Crippen LogP contribution is -2.22. The van der Waals surface area contributed by atoms with Crippen molar-refractivity contribution in [3.8, 4) is 11.3 Å². The summed E-state index contributed by atoms with van der Waals surface area (Å²) in [7, 11) is 0. The molecule has 0 fully saturated rings. The van der Waals surface area contributed by atoms with Gasteiger partial charge in [0.05, 0.1) is 17.2 Å². The average molecular weight is 308 g/mol. The van der Waals surface area contributed by atoms with E-state index in [0.717, 1.165) is 5.56 Å². The van der Waals surface area contributed by atoms with Crippen LogP contribution >= 0.6 is 0 Å². The summed E-state index contributed by atoms with van der Waals surface area (Å²) in [4.78, 5) is 26.1. The summed E-state index contributed by atoms with van der Waals surface area (Å²) in [5.74, 6) is 0. The molecule has 0 amide bonds. The zero-order valence-corrected chi connectivity index (χ0v) is 12.0. The molecule has 0 saturated heterocycles. The Hall–Kier alpha value is -3.35. The van der Waals surface area contributed by atoms with Crippen LogP contribution in [-0.2, 0) is 6.54 Å². The van der Waals surface area contributed by atoms with E-state index < -0.39 is 4.92 Å². The summed E-state index contributed by atoms with van der Waals surface area (Å²) in [5, 5.41) is 15.0. The van der Waals surface area contributed by atoms with Crippen molar-refractivity contribution in [1.82, 2.24) is 14.8 Å². The van der Waals surface area contributed by atoms with Gasteiger partial charge in [0.15, 0.2) is 0 Å². The van der Waals surface area contributed by atoms with Crippen LogP contribution in [0, 0.1) is 10.1 Å². The van der Waals surface area contributed by atoms with Crippen LogP contribution in [0.2, 0.25) is 0 Å². The fourth-order valence-electron chi connectivity index (χ4n) is 2.13. The molecule has 0 aliphatic carbocycles. The first-order chi connectivity index (χ1) is 11.1. The van der Waals surface area contributed by atoms with Crippen LogP contribution in [0.1, 0.15) is 5.56 Å². The number of nitro benzene ring substituents is 1. The standard InChI is InChI=1S/C16H12N4O3/c21-16-6-5-15(13-1-3-14(4-2-13)20(22)23)18-19(16)11-12-7-9-17-10-8-12/h1-10H,11H2. The molecule has 23 heavy (non-hydrogen) atoms. The second-order valence-electron chi connectivity index (χ2n) is 4.87. The van der Waals surface area contributed by atoms with Crippen molar-refractivity contribution in [1.29, 1.82) is 0 Å². The van der Waals surface area contributed by atoms with E-state index in [1.54, 1.807) is 30.6 Å². The topological polar surface area (TPSA) is 90.9 Å². The molecule has 7 heteroatoms. The van der Waals surface area contributed by atoms with Gasteiger partial charge in [-0.05, 0) is 35.9 Å². The molecule has 0 radical (unpaired) electrons. The van der Waals surface area contributed by atoms with Crippen LogP contribution in [0.5, 0.6) is 0 Å². The van der Waals surface area contributed by atoms with Crippen LogP contribution in [0.25, 0.3) is 11.3 Å². The molecule has 2 heterocycles. The zero-order chi connectivity index (χ0) is 16.2. The SMILES string of the molecule is O=c1ccc(-c2ccc([N+](=O)[O-])cc2)nn1Cc1ccncc1. The van der Waals surface area contributed by atoms with Gasteiger partial charge in [-0.1, -0.05) is 0 Å². The highest BCUT2D eigenvalue weighted by Gasteiger charge is 2.08. The minimum atomic E-state index is -0.457. The van der Waals surface area contributed by atoms with Crippen molar-refractivity contribution in [2.24, 2.45) is 0 Å². The molecule has 114 valence electrons. The summed E-state index contributed by atoms with van der Waals surface area (Å²) >= 11 is 0. The van der Waals surface area contributed by atoms with E-state index in [1.165, 1.54) is 22.9 Å². The monoisotopic (exact) mass is 308 g/mol. The highest BCUT2D eigenvalue weighted by molar-refractivity contribution is 5.60. The summed E-state index contributed by atoms with van der Waals surface area (Å²) in [6, 6.07) is 12.7. The van der Waals surface area contributed by atoms with E-state index in [-0.39, 0.29) is 11.2 Å². The molecular formula is C16H12N4O3. The molecule has 0 atom stereocenters. The van der Waals surface area contributed by atoms with Gasteiger partial charge in [0.2, 0.25) is 0 Å². The van der Waals surface area contributed by atoms with Crippen molar-refractivity contribution in [2.75, 3.05) is 0 Å². The highest BCUT2D eigenvalue weighted by atomic mass is 16.6. The van der Waals surface area contributed by atoms with Gasteiger partial charge in [0, 0.05) is 36.2 Å². The second-order valence-corrected chi connectivity index (χ2v) is 4.87. The van der Waals surface area contributed by atoms with E-state index in [1.807, 2.05) is 12.1 Å². The largest absolute Gasteiger partial charge is 0.269 e. The number of non-ortho nitro benzene ring substituents is 1. The molecule has 0 aliphatic heterocycles.